The fourth-order valence-electron chi connectivity index (χ4n) is 6.52. The van der Waals surface area contributed by atoms with E-state index in [0.717, 1.165) is 56.7 Å². The largest absolute Gasteiger partial charge is 0.337 e. The molecule has 3 aromatic rings. The van der Waals surface area contributed by atoms with E-state index in [1.807, 2.05) is 37.1 Å². The highest BCUT2D eigenvalue weighted by atomic mass is 19.1. The van der Waals surface area contributed by atoms with Crippen molar-refractivity contribution in [1.82, 2.24) is 14.5 Å². The van der Waals surface area contributed by atoms with Crippen LogP contribution in [-0.4, -0.2) is 33.4 Å². The first-order valence-electron chi connectivity index (χ1n) is 14.4. The summed E-state index contributed by atoms with van der Waals surface area (Å²) in [5.74, 6) is 2.53. The standard InChI is InChI=1S/C34H40FN3O/c1-4-5-7-10-24(2)33(26-11-8-6-9-12-26)27-17-19-37(20-18-27)34(39)31-23-38-22-29(14-16-32(38)36-31)28-13-15-30(35)25(3)21-28/h4-13,15,21,23-24,27,29,33H,14,16-20,22H2,1-3H3/b5-4-,10-7-. The second kappa shape index (κ2) is 12.1. The van der Waals surface area contributed by atoms with Gasteiger partial charge < -0.3 is 9.47 Å². The number of fused-ring (bicyclic) bond motifs is 1. The Labute approximate surface area is 232 Å². The van der Waals surface area contributed by atoms with Gasteiger partial charge in [-0.15, -0.1) is 0 Å². The van der Waals surface area contributed by atoms with Crippen LogP contribution < -0.4 is 0 Å². The van der Waals surface area contributed by atoms with Gasteiger partial charge in [0.05, 0.1) is 0 Å². The normalized spacial score (nSPS) is 19.9. The van der Waals surface area contributed by atoms with Gasteiger partial charge in [-0.05, 0) is 73.6 Å². The highest BCUT2D eigenvalue weighted by Gasteiger charge is 2.33. The minimum atomic E-state index is -0.163. The molecule has 5 heteroatoms. The third kappa shape index (κ3) is 6.08. The maximum absolute atomic E-state index is 13.8. The first-order valence-corrected chi connectivity index (χ1v) is 14.4. The summed E-state index contributed by atoms with van der Waals surface area (Å²) >= 11 is 0. The molecule has 2 aliphatic heterocycles. The lowest BCUT2D eigenvalue weighted by Gasteiger charge is -2.38. The average molecular weight is 526 g/mol. The Hall–Kier alpha value is -3.47. The molecule has 204 valence electrons. The molecule has 39 heavy (non-hydrogen) atoms. The molecular formula is C34H40FN3O. The molecule has 1 aromatic heterocycles. The highest BCUT2D eigenvalue weighted by Crippen LogP contribution is 2.39. The average Bonchev–Trinajstić information content (AvgIpc) is 3.39. The minimum absolute atomic E-state index is 0.0433. The minimum Gasteiger partial charge on any atom is -0.337 e. The number of piperidine rings is 1. The summed E-state index contributed by atoms with van der Waals surface area (Å²) in [6.45, 7) is 8.46. The maximum atomic E-state index is 13.8. The summed E-state index contributed by atoms with van der Waals surface area (Å²) < 4.78 is 15.9. The summed E-state index contributed by atoms with van der Waals surface area (Å²) in [5, 5.41) is 0. The Bertz CT molecular complexity index is 1330. The van der Waals surface area contributed by atoms with Crippen molar-refractivity contribution < 1.29 is 9.18 Å². The van der Waals surface area contributed by atoms with Gasteiger partial charge in [0, 0.05) is 38.2 Å². The van der Waals surface area contributed by atoms with Crippen molar-refractivity contribution in [2.24, 2.45) is 11.8 Å². The second-order valence-electron chi connectivity index (χ2n) is 11.3. The van der Waals surface area contributed by atoms with Crippen LogP contribution in [0.5, 0.6) is 0 Å². The molecule has 3 unspecified atom stereocenters. The Morgan fingerprint density at radius 3 is 2.56 bits per heavy atom. The van der Waals surface area contributed by atoms with E-state index < -0.39 is 0 Å². The van der Waals surface area contributed by atoms with E-state index >= 15 is 0 Å². The van der Waals surface area contributed by atoms with Crippen LogP contribution in [0.2, 0.25) is 0 Å². The van der Waals surface area contributed by atoms with Crippen molar-refractivity contribution >= 4 is 5.91 Å². The molecule has 0 aliphatic carbocycles. The van der Waals surface area contributed by atoms with Crippen molar-refractivity contribution in [3.8, 4) is 0 Å². The van der Waals surface area contributed by atoms with Crippen molar-refractivity contribution in [2.45, 2.75) is 64.8 Å². The van der Waals surface area contributed by atoms with Gasteiger partial charge in [0.15, 0.2) is 0 Å². The van der Waals surface area contributed by atoms with Gasteiger partial charge in [-0.1, -0.05) is 73.7 Å². The van der Waals surface area contributed by atoms with Crippen molar-refractivity contribution in [3.63, 3.8) is 0 Å². The van der Waals surface area contributed by atoms with Crippen LogP contribution in [0.4, 0.5) is 4.39 Å². The zero-order valence-electron chi connectivity index (χ0n) is 23.4. The zero-order chi connectivity index (χ0) is 27.4. The molecule has 3 atom stereocenters. The monoisotopic (exact) mass is 525 g/mol. The van der Waals surface area contributed by atoms with E-state index in [0.29, 0.717) is 34.9 Å². The number of halogens is 1. The van der Waals surface area contributed by atoms with Crippen LogP contribution in [-0.2, 0) is 13.0 Å². The van der Waals surface area contributed by atoms with Gasteiger partial charge in [-0.2, -0.15) is 0 Å². The third-order valence-electron chi connectivity index (χ3n) is 8.67. The lowest BCUT2D eigenvalue weighted by Crippen LogP contribution is -2.40. The molecule has 2 aliphatic rings. The number of carbonyl (C=O) groups is 1. The van der Waals surface area contributed by atoms with E-state index in [-0.39, 0.29) is 11.7 Å². The Kier molecular flexibility index (Phi) is 8.44. The first kappa shape index (κ1) is 27.1. The van der Waals surface area contributed by atoms with Gasteiger partial charge in [0.2, 0.25) is 0 Å². The fraction of sp³-hybridized carbons (Fsp3) is 0.412. The molecule has 1 amide bonds. The molecule has 0 N–H and O–H groups in total. The molecule has 4 nitrogen and oxygen atoms in total. The molecule has 5 rings (SSSR count). The zero-order valence-corrected chi connectivity index (χ0v) is 23.4. The van der Waals surface area contributed by atoms with Crippen molar-refractivity contribution in [2.75, 3.05) is 13.1 Å². The predicted octanol–water partition coefficient (Wildman–Crippen LogP) is 7.47. The van der Waals surface area contributed by atoms with Crippen molar-refractivity contribution in [3.05, 3.63) is 113 Å². The highest BCUT2D eigenvalue weighted by molar-refractivity contribution is 5.92. The summed E-state index contributed by atoms with van der Waals surface area (Å²) in [6.07, 6.45) is 14.3. The van der Waals surface area contributed by atoms with Crippen LogP contribution in [0.15, 0.2) is 79.0 Å². The van der Waals surface area contributed by atoms with Crippen LogP contribution in [0.3, 0.4) is 0 Å². The lowest BCUT2D eigenvalue weighted by molar-refractivity contribution is 0.0665. The Morgan fingerprint density at radius 1 is 1.08 bits per heavy atom. The van der Waals surface area contributed by atoms with Gasteiger partial charge in [0.25, 0.3) is 5.91 Å². The molecular weight excluding hydrogens is 485 g/mol. The van der Waals surface area contributed by atoms with E-state index in [9.17, 15) is 9.18 Å². The fourth-order valence-corrected chi connectivity index (χ4v) is 6.52. The van der Waals surface area contributed by atoms with Crippen LogP contribution in [0, 0.1) is 24.6 Å². The number of hydrogen-bond acceptors (Lipinski definition) is 2. The van der Waals surface area contributed by atoms with Gasteiger partial charge in [-0.3, -0.25) is 4.79 Å². The third-order valence-corrected chi connectivity index (χ3v) is 8.67. The molecule has 0 radical (unpaired) electrons. The smallest absolute Gasteiger partial charge is 0.274 e. The number of rotatable bonds is 7. The molecule has 1 saturated heterocycles. The number of imidazole rings is 1. The van der Waals surface area contributed by atoms with Crippen LogP contribution in [0.25, 0.3) is 0 Å². The number of likely N-dealkylation sites (tertiary alicyclic amines) is 1. The summed E-state index contributed by atoms with van der Waals surface area (Å²) in [6, 6.07) is 16.3. The number of carbonyl (C=O) groups excluding carboxylic acids is 1. The lowest BCUT2D eigenvalue weighted by atomic mass is 9.73. The molecule has 0 saturated carbocycles. The number of nitrogens with zero attached hydrogens (tertiary/aromatic N) is 3. The van der Waals surface area contributed by atoms with E-state index in [2.05, 4.69) is 66.1 Å². The van der Waals surface area contributed by atoms with E-state index in [1.165, 1.54) is 5.56 Å². The quantitative estimate of drug-likeness (QED) is 0.300. The molecule has 0 bridgehead atoms. The number of benzene rings is 2. The molecule has 2 aromatic carbocycles. The number of aryl methyl sites for hydroxylation is 2. The second-order valence-corrected chi connectivity index (χ2v) is 11.3. The Morgan fingerprint density at radius 2 is 1.85 bits per heavy atom. The predicted molar refractivity (Wildman–Crippen MR) is 155 cm³/mol. The number of aromatic nitrogens is 2. The summed E-state index contributed by atoms with van der Waals surface area (Å²) in [5.41, 5.74) is 3.78. The Balaban J connectivity index is 1.24. The van der Waals surface area contributed by atoms with E-state index in [1.54, 1.807) is 6.07 Å². The van der Waals surface area contributed by atoms with Gasteiger partial charge in [0.1, 0.15) is 17.3 Å². The van der Waals surface area contributed by atoms with E-state index in [4.69, 9.17) is 4.98 Å². The van der Waals surface area contributed by atoms with Crippen LogP contribution >= 0.6 is 0 Å². The van der Waals surface area contributed by atoms with Gasteiger partial charge in [-0.25, -0.2) is 9.37 Å². The molecule has 3 heterocycles. The summed E-state index contributed by atoms with van der Waals surface area (Å²) in [7, 11) is 0. The maximum Gasteiger partial charge on any atom is 0.274 e. The number of hydrogen-bond donors (Lipinski definition) is 0. The SMILES string of the molecule is C/C=C\C=C/C(C)C(c1ccccc1)C1CCN(C(=O)c2cn3c(n2)CCC(c2ccc(F)c(C)c2)C3)CC1. The van der Waals surface area contributed by atoms with Gasteiger partial charge >= 0.3 is 0 Å². The summed E-state index contributed by atoms with van der Waals surface area (Å²) in [4.78, 5) is 20.2. The number of amides is 1. The van der Waals surface area contributed by atoms with Crippen molar-refractivity contribution in [1.29, 1.82) is 0 Å². The topological polar surface area (TPSA) is 38.1 Å². The van der Waals surface area contributed by atoms with Crippen LogP contribution in [0.1, 0.15) is 77.9 Å². The molecule has 1 fully saturated rings. The number of allylic oxidation sites excluding steroid dienone is 4. The first-order chi connectivity index (χ1) is 18.9. The molecule has 0 spiro atoms.